The highest BCUT2D eigenvalue weighted by Gasteiger charge is 2.33. The zero-order chi connectivity index (χ0) is 14.4. The molecule has 2 N–H and O–H groups in total. The van der Waals surface area contributed by atoms with Crippen LogP contribution in [0.5, 0.6) is 0 Å². The molecule has 1 saturated heterocycles. The molecule has 1 amide bonds. The molecule has 3 rings (SSSR count). The number of aromatic carboxylic acids is 1. The van der Waals surface area contributed by atoms with Gasteiger partial charge in [0.15, 0.2) is 5.69 Å². The van der Waals surface area contributed by atoms with Crippen LogP contribution in [0.25, 0.3) is 0 Å². The molecule has 2 aliphatic rings. The van der Waals surface area contributed by atoms with E-state index in [9.17, 15) is 19.5 Å². The topological polar surface area (TPSA) is 117 Å². The fourth-order valence-electron chi connectivity index (χ4n) is 2.46. The van der Waals surface area contributed by atoms with Gasteiger partial charge in [-0.25, -0.2) is 14.4 Å². The third-order valence-corrected chi connectivity index (χ3v) is 3.53. The second-order valence-corrected chi connectivity index (χ2v) is 4.80. The summed E-state index contributed by atoms with van der Waals surface area (Å²) in [4.78, 5) is 35.7. The number of ether oxygens (including phenoxy) is 1. The quantitative estimate of drug-likeness (QED) is 0.704. The first-order chi connectivity index (χ1) is 9.49. The number of hydrogen-bond donors (Lipinski definition) is 2. The summed E-state index contributed by atoms with van der Waals surface area (Å²) in [6, 6.07) is 0. The summed E-state index contributed by atoms with van der Waals surface area (Å²) in [6.45, 7) is 0.941. The fourth-order valence-corrected chi connectivity index (χ4v) is 2.46. The van der Waals surface area contributed by atoms with Crippen molar-refractivity contribution in [3.63, 3.8) is 0 Å². The summed E-state index contributed by atoms with van der Waals surface area (Å²) < 4.78 is 7.53. The Morgan fingerprint density at radius 2 is 2.00 bits per heavy atom. The highest BCUT2D eigenvalue weighted by Crippen LogP contribution is 2.19. The van der Waals surface area contributed by atoms with Crippen molar-refractivity contribution >= 4 is 12.1 Å². The van der Waals surface area contributed by atoms with Gasteiger partial charge in [-0.15, -0.1) is 0 Å². The number of carbonyl (C=O) groups is 2. The van der Waals surface area contributed by atoms with Crippen molar-refractivity contribution in [3.8, 4) is 0 Å². The summed E-state index contributed by atoms with van der Waals surface area (Å²) >= 11 is 0. The Balaban J connectivity index is 2.07. The molecule has 9 nitrogen and oxygen atoms in total. The number of carboxylic acids is 1. The Kier molecular flexibility index (Phi) is 2.78. The van der Waals surface area contributed by atoms with Gasteiger partial charge in [-0.1, -0.05) is 0 Å². The molecule has 9 heteroatoms. The zero-order valence-corrected chi connectivity index (χ0v) is 10.5. The van der Waals surface area contributed by atoms with E-state index in [0.717, 1.165) is 4.90 Å². The molecule has 0 spiro atoms. The number of nitrogens with zero attached hydrogens (tertiary/aromatic N) is 3. The van der Waals surface area contributed by atoms with Gasteiger partial charge in [0.1, 0.15) is 0 Å². The first kappa shape index (κ1) is 12.7. The number of imidazole rings is 1. The minimum atomic E-state index is -1.23. The maximum Gasteiger partial charge on any atom is 0.407 e. The molecule has 0 saturated carbocycles. The molecule has 20 heavy (non-hydrogen) atoms. The summed E-state index contributed by atoms with van der Waals surface area (Å²) in [5.74, 6) is -1.23. The number of rotatable bonds is 3. The second kappa shape index (κ2) is 4.37. The molecule has 1 unspecified atom stereocenters. The van der Waals surface area contributed by atoms with Crippen molar-refractivity contribution in [1.29, 1.82) is 0 Å². The molecule has 0 aromatic carbocycles. The fraction of sp³-hybridized carbons (Fsp3) is 0.545. The lowest BCUT2D eigenvalue weighted by atomic mass is 10.2. The molecule has 1 aromatic heterocycles. The van der Waals surface area contributed by atoms with Crippen molar-refractivity contribution in [2.75, 3.05) is 13.2 Å². The number of amides is 1. The van der Waals surface area contributed by atoms with Gasteiger partial charge in [-0.3, -0.25) is 9.13 Å². The van der Waals surface area contributed by atoms with Crippen LogP contribution in [0.1, 0.15) is 16.2 Å². The largest absolute Gasteiger partial charge is 0.477 e. The molecule has 0 bridgehead atoms. The summed E-state index contributed by atoms with van der Waals surface area (Å²) in [5, 5.41) is 18.3. The normalized spacial score (nSPS) is 20.6. The summed E-state index contributed by atoms with van der Waals surface area (Å²) in [7, 11) is 0. The van der Waals surface area contributed by atoms with Crippen LogP contribution in [0.2, 0.25) is 0 Å². The smallest absolute Gasteiger partial charge is 0.407 e. The van der Waals surface area contributed by atoms with Gasteiger partial charge in [-0.2, -0.15) is 0 Å². The van der Waals surface area contributed by atoms with Crippen LogP contribution in [0, 0.1) is 0 Å². The van der Waals surface area contributed by atoms with Crippen LogP contribution in [-0.2, 0) is 24.4 Å². The van der Waals surface area contributed by atoms with Crippen molar-refractivity contribution in [2.45, 2.75) is 25.7 Å². The average Bonchev–Trinajstić information content (AvgIpc) is 3.15. The van der Waals surface area contributed by atoms with Crippen LogP contribution in [0.3, 0.4) is 0 Å². The lowest BCUT2D eigenvalue weighted by Crippen LogP contribution is -2.40. The number of fused-ring (bicyclic) bond motifs is 1. The lowest BCUT2D eigenvalue weighted by Gasteiger charge is -2.25. The molecular weight excluding hydrogens is 270 g/mol. The van der Waals surface area contributed by atoms with Crippen molar-refractivity contribution < 1.29 is 24.5 Å². The standard InChI is InChI=1S/C11H13N3O6/c15-9(16)8-7-4-12(11(18)19)1-2-13(7)10(17)14(8)3-6-5-20-6/h6H,1-5H2,(H,15,16)(H,18,19). The van der Waals surface area contributed by atoms with Gasteiger partial charge in [0.25, 0.3) is 0 Å². The molecule has 3 heterocycles. The molecule has 1 fully saturated rings. The second-order valence-electron chi connectivity index (χ2n) is 4.80. The number of epoxide rings is 1. The Labute approximate surface area is 112 Å². The van der Waals surface area contributed by atoms with Crippen LogP contribution in [0.15, 0.2) is 4.79 Å². The molecule has 2 aliphatic heterocycles. The molecular formula is C11H13N3O6. The molecule has 1 aromatic rings. The van der Waals surface area contributed by atoms with Gasteiger partial charge in [0.2, 0.25) is 0 Å². The van der Waals surface area contributed by atoms with Crippen molar-refractivity contribution in [3.05, 3.63) is 21.9 Å². The van der Waals surface area contributed by atoms with E-state index in [2.05, 4.69) is 0 Å². The lowest BCUT2D eigenvalue weighted by molar-refractivity contribution is 0.0678. The number of carboxylic acid groups (broad SMARTS) is 2. The average molecular weight is 283 g/mol. The van der Waals surface area contributed by atoms with E-state index >= 15 is 0 Å². The van der Waals surface area contributed by atoms with Crippen molar-refractivity contribution in [2.24, 2.45) is 0 Å². The molecule has 0 radical (unpaired) electrons. The van der Waals surface area contributed by atoms with E-state index in [1.165, 1.54) is 9.13 Å². The molecule has 1 atom stereocenters. The van der Waals surface area contributed by atoms with Gasteiger partial charge < -0.3 is 19.8 Å². The van der Waals surface area contributed by atoms with Crippen molar-refractivity contribution in [1.82, 2.24) is 14.0 Å². The number of hydrogen-bond acceptors (Lipinski definition) is 4. The van der Waals surface area contributed by atoms with E-state index < -0.39 is 17.8 Å². The highest BCUT2D eigenvalue weighted by molar-refractivity contribution is 5.87. The van der Waals surface area contributed by atoms with Crippen LogP contribution in [-0.4, -0.2) is 55.6 Å². The van der Waals surface area contributed by atoms with E-state index in [4.69, 9.17) is 9.84 Å². The SMILES string of the molecule is O=C(O)c1c2n(c(=O)n1CC1CO1)CCN(C(=O)O)C2. The number of aromatic nitrogens is 2. The van der Waals surface area contributed by atoms with E-state index in [-0.39, 0.29) is 43.7 Å². The molecule has 0 aliphatic carbocycles. The maximum atomic E-state index is 12.2. The molecule has 108 valence electrons. The third-order valence-electron chi connectivity index (χ3n) is 3.53. The zero-order valence-electron chi connectivity index (χ0n) is 10.5. The predicted octanol–water partition coefficient (Wildman–Crippen LogP) is -0.760. The van der Waals surface area contributed by atoms with E-state index in [1.54, 1.807) is 0 Å². The predicted molar refractivity (Wildman–Crippen MR) is 63.8 cm³/mol. The van der Waals surface area contributed by atoms with Gasteiger partial charge in [0, 0.05) is 13.1 Å². The van der Waals surface area contributed by atoms with Crippen LogP contribution < -0.4 is 5.69 Å². The summed E-state index contributed by atoms with van der Waals surface area (Å²) in [5.41, 5.74) is -0.328. The first-order valence-electron chi connectivity index (χ1n) is 6.14. The van der Waals surface area contributed by atoms with Gasteiger partial charge in [-0.05, 0) is 0 Å². The Bertz CT molecular complexity index is 641. The Morgan fingerprint density at radius 3 is 2.55 bits per heavy atom. The summed E-state index contributed by atoms with van der Waals surface area (Å²) in [6.07, 6.45) is -1.26. The Morgan fingerprint density at radius 1 is 1.30 bits per heavy atom. The first-order valence-corrected chi connectivity index (χ1v) is 6.14. The van der Waals surface area contributed by atoms with E-state index in [0.29, 0.717) is 6.61 Å². The minimum absolute atomic E-state index is 0.0925. The monoisotopic (exact) mass is 283 g/mol. The van der Waals surface area contributed by atoms with Crippen LogP contribution >= 0.6 is 0 Å². The minimum Gasteiger partial charge on any atom is -0.477 e. The maximum absolute atomic E-state index is 12.2. The Hall–Kier alpha value is -2.29. The van der Waals surface area contributed by atoms with Gasteiger partial charge in [0.05, 0.1) is 31.5 Å². The highest BCUT2D eigenvalue weighted by atomic mass is 16.6. The van der Waals surface area contributed by atoms with Gasteiger partial charge >= 0.3 is 17.8 Å². The van der Waals surface area contributed by atoms with E-state index in [1.807, 2.05) is 0 Å². The van der Waals surface area contributed by atoms with Crippen LogP contribution in [0.4, 0.5) is 4.79 Å². The third kappa shape index (κ3) is 1.95.